The van der Waals surface area contributed by atoms with Crippen molar-refractivity contribution in [2.24, 2.45) is 5.92 Å². The Balaban J connectivity index is 1.94. The van der Waals surface area contributed by atoms with Crippen LogP contribution in [0.4, 0.5) is 10.1 Å². The van der Waals surface area contributed by atoms with Crippen molar-refractivity contribution < 1.29 is 23.5 Å². The van der Waals surface area contributed by atoms with Crippen LogP contribution in [0.3, 0.4) is 0 Å². The lowest BCUT2D eigenvalue weighted by molar-refractivity contribution is -0.157. The number of carbonyl (C=O) groups is 3. The molecule has 160 valence electrons. The number of carbonyl (C=O) groups excluding carboxylic acids is 3. The molecular weight excluding hydrogens is 387 g/mol. The Hall–Kier alpha value is -3.22. The van der Waals surface area contributed by atoms with E-state index in [4.69, 9.17) is 4.74 Å². The molecule has 0 radical (unpaired) electrons. The van der Waals surface area contributed by atoms with E-state index in [2.05, 4.69) is 10.6 Å². The van der Waals surface area contributed by atoms with Crippen LogP contribution < -0.4 is 10.6 Å². The van der Waals surface area contributed by atoms with Crippen molar-refractivity contribution in [3.63, 3.8) is 0 Å². The minimum atomic E-state index is -1.12. The first-order valence-electron chi connectivity index (χ1n) is 9.78. The molecule has 2 amide bonds. The number of amides is 2. The molecule has 0 saturated carbocycles. The van der Waals surface area contributed by atoms with E-state index < -0.39 is 29.8 Å². The van der Waals surface area contributed by atoms with E-state index in [1.54, 1.807) is 32.9 Å². The Kier molecular flexibility index (Phi) is 8.09. The van der Waals surface area contributed by atoms with E-state index in [1.807, 2.05) is 30.3 Å². The van der Waals surface area contributed by atoms with Crippen molar-refractivity contribution in [2.75, 3.05) is 5.32 Å². The lowest BCUT2D eigenvalue weighted by atomic mass is 10.0. The van der Waals surface area contributed by atoms with Crippen LogP contribution in [0.1, 0.15) is 31.9 Å². The lowest BCUT2D eigenvalue weighted by Gasteiger charge is -2.23. The second-order valence-corrected chi connectivity index (χ2v) is 7.48. The fourth-order valence-electron chi connectivity index (χ4n) is 2.72. The average Bonchev–Trinajstić information content (AvgIpc) is 2.69. The summed E-state index contributed by atoms with van der Waals surface area (Å²) in [4.78, 5) is 37.2. The minimum Gasteiger partial charge on any atom is -0.451 e. The second-order valence-electron chi connectivity index (χ2n) is 7.48. The number of nitrogens with one attached hydrogen (secondary N) is 2. The molecule has 0 aliphatic carbocycles. The van der Waals surface area contributed by atoms with Gasteiger partial charge in [0.25, 0.3) is 5.91 Å². The first kappa shape index (κ1) is 23.1. The van der Waals surface area contributed by atoms with Crippen molar-refractivity contribution >= 4 is 23.5 Å². The normalized spacial score (nSPS) is 12.7. The van der Waals surface area contributed by atoms with E-state index in [9.17, 15) is 18.8 Å². The molecule has 30 heavy (non-hydrogen) atoms. The molecule has 0 aliphatic heterocycles. The summed E-state index contributed by atoms with van der Waals surface area (Å²) >= 11 is 0. The van der Waals surface area contributed by atoms with Gasteiger partial charge in [0.2, 0.25) is 5.91 Å². The summed E-state index contributed by atoms with van der Waals surface area (Å²) in [5.74, 6) is -2.30. The van der Waals surface area contributed by atoms with Gasteiger partial charge in [0.1, 0.15) is 11.9 Å². The quantitative estimate of drug-likeness (QED) is 0.649. The molecule has 2 aromatic carbocycles. The molecule has 2 N–H and O–H groups in total. The molecular formula is C23H27FN2O4. The highest BCUT2D eigenvalue weighted by molar-refractivity contribution is 5.95. The largest absolute Gasteiger partial charge is 0.451 e. The van der Waals surface area contributed by atoms with Gasteiger partial charge >= 0.3 is 5.97 Å². The zero-order chi connectivity index (χ0) is 22.3. The highest BCUT2D eigenvalue weighted by Crippen LogP contribution is 2.14. The molecule has 0 spiro atoms. The average molecular weight is 414 g/mol. The highest BCUT2D eigenvalue weighted by Gasteiger charge is 2.29. The second kappa shape index (κ2) is 10.5. The van der Waals surface area contributed by atoms with Crippen molar-refractivity contribution in [3.8, 4) is 0 Å². The predicted octanol–water partition coefficient (Wildman–Crippen LogP) is 3.39. The van der Waals surface area contributed by atoms with Crippen molar-refractivity contribution in [1.29, 1.82) is 0 Å². The molecule has 0 aliphatic rings. The predicted molar refractivity (Wildman–Crippen MR) is 112 cm³/mol. The summed E-state index contributed by atoms with van der Waals surface area (Å²) in [6.45, 7) is 6.58. The number of ether oxygens (including phenoxy) is 1. The van der Waals surface area contributed by atoms with Gasteiger partial charge in [-0.15, -0.1) is 0 Å². The maximum Gasteiger partial charge on any atom is 0.329 e. The number of hydrogen-bond donors (Lipinski definition) is 2. The minimum absolute atomic E-state index is 0.131. The van der Waals surface area contributed by atoms with Crippen LogP contribution in [0.25, 0.3) is 0 Å². The maximum absolute atomic E-state index is 13.6. The third kappa shape index (κ3) is 6.69. The summed E-state index contributed by atoms with van der Waals surface area (Å²) in [5.41, 5.74) is 1.55. The maximum atomic E-state index is 13.6. The van der Waals surface area contributed by atoms with Gasteiger partial charge in [-0.1, -0.05) is 50.2 Å². The molecule has 0 aromatic heterocycles. The van der Waals surface area contributed by atoms with E-state index in [-0.39, 0.29) is 23.9 Å². The fourth-order valence-corrected chi connectivity index (χ4v) is 2.72. The van der Waals surface area contributed by atoms with Gasteiger partial charge in [-0.05, 0) is 43.0 Å². The van der Waals surface area contributed by atoms with Crippen LogP contribution in [-0.2, 0) is 25.5 Å². The van der Waals surface area contributed by atoms with Gasteiger partial charge in [0.05, 0.1) is 6.42 Å². The molecule has 2 rings (SSSR count). The first-order chi connectivity index (χ1) is 14.2. The topological polar surface area (TPSA) is 84.5 Å². The Labute approximate surface area is 175 Å². The van der Waals surface area contributed by atoms with Gasteiger partial charge in [0.15, 0.2) is 6.10 Å². The molecule has 0 heterocycles. The number of anilines is 1. The molecule has 0 fully saturated rings. The number of benzene rings is 2. The zero-order valence-electron chi connectivity index (χ0n) is 17.6. The number of rotatable bonds is 8. The van der Waals surface area contributed by atoms with Crippen molar-refractivity contribution in [2.45, 2.75) is 46.3 Å². The molecule has 7 heteroatoms. The van der Waals surface area contributed by atoms with Gasteiger partial charge in [0, 0.05) is 5.69 Å². The molecule has 2 aromatic rings. The van der Waals surface area contributed by atoms with Gasteiger partial charge in [-0.3, -0.25) is 9.59 Å². The van der Waals surface area contributed by atoms with Crippen LogP contribution in [0, 0.1) is 18.7 Å². The van der Waals surface area contributed by atoms with E-state index in [1.165, 1.54) is 13.0 Å². The smallest absolute Gasteiger partial charge is 0.329 e. The first-order valence-corrected chi connectivity index (χ1v) is 9.78. The molecule has 0 bridgehead atoms. The van der Waals surface area contributed by atoms with Crippen LogP contribution in [0.5, 0.6) is 0 Å². The van der Waals surface area contributed by atoms with Crippen LogP contribution >= 0.6 is 0 Å². The van der Waals surface area contributed by atoms with Crippen molar-refractivity contribution in [1.82, 2.24) is 5.32 Å². The third-order valence-corrected chi connectivity index (χ3v) is 4.55. The number of esters is 1. The molecule has 0 saturated heterocycles. The molecule has 0 unspecified atom stereocenters. The Morgan fingerprint density at radius 2 is 1.70 bits per heavy atom. The lowest BCUT2D eigenvalue weighted by Crippen LogP contribution is -2.47. The van der Waals surface area contributed by atoms with E-state index >= 15 is 0 Å². The Morgan fingerprint density at radius 3 is 2.30 bits per heavy atom. The SMILES string of the molecule is Cc1ccc(NC(=O)[C@H](C)OC(=O)[C@@H](NC(=O)Cc2ccccc2)C(C)C)cc1F. The van der Waals surface area contributed by atoms with Gasteiger partial charge < -0.3 is 15.4 Å². The summed E-state index contributed by atoms with van der Waals surface area (Å²) in [7, 11) is 0. The highest BCUT2D eigenvalue weighted by atomic mass is 19.1. The van der Waals surface area contributed by atoms with Crippen molar-refractivity contribution in [3.05, 3.63) is 65.5 Å². The number of halogens is 1. The van der Waals surface area contributed by atoms with E-state index in [0.29, 0.717) is 5.56 Å². The molecule has 2 atom stereocenters. The van der Waals surface area contributed by atoms with E-state index in [0.717, 1.165) is 5.56 Å². The Bertz CT molecular complexity index is 899. The number of hydrogen-bond acceptors (Lipinski definition) is 4. The fraction of sp³-hybridized carbons (Fsp3) is 0.348. The zero-order valence-corrected chi connectivity index (χ0v) is 17.6. The third-order valence-electron chi connectivity index (χ3n) is 4.55. The summed E-state index contributed by atoms with van der Waals surface area (Å²) in [6, 6.07) is 12.6. The van der Waals surface area contributed by atoms with Gasteiger partial charge in [-0.2, -0.15) is 0 Å². The van der Waals surface area contributed by atoms with Crippen LogP contribution in [0.2, 0.25) is 0 Å². The Morgan fingerprint density at radius 1 is 1.03 bits per heavy atom. The summed E-state index contributed by atoms with van der Waals surface area (Å²) in [5, 5.41) is 5.19. The van der Waals surface area contributed by atoms with Crippen LogP contribution in [0.15, 0.2) is 48.5 Å². The summed E-state index contributed by atoms with van der Waals surface area (Å²) in [6.07, 6.45) is -0.985. The van der Waals surface area contributed by atoms with Gasteiger partial charge in [-0.25, -0.2) is 9.18 Å². The summed E-state index contributed by atoms with van der Waals surface area (Å²) < 4.78 is 18.9. The standard InChI is InChI=1S/C23H27FN2O4/c1-14(2)21(26-20(27)12-17-8-6-5-7-9-17)23(29)30-16(4)22(28)25-18-11-10-15(3)19(24)13-18/h5-11,13-14,16,21H,12H2,1-4H3,(H,25,28)(H,26,27)/t16-,21-/m0/s1. The van der Waals surface area contributed by atoms with Crippen LogP contribution in [-0.4, -0.2) is 29.9 Å². The molecule has 6 nitrogen and oxygen atoms in total. The number of aryl methyl sites for hydroxylation is 1. The monoisotopic (exact) mass is 414 g/mol.